The Morgan fingerprint density at radius 1 is 1.31 bits per heavy atom. The summed E-state index contributed by atoms with van der Waals surface area (Å²) < 4.78 is 5.99. The minimum absolute atomic E-state index is 0.204. The SMILES string of the molecule is c1cc2c(cn1)OC1(CCC1)CC2. The zero-order valence-corrected chi connectivity index (χ0v) is 7.62. The van der Waals surface area contributed by atoms with Crippen LogP contribution in [0.25, 0.3) is 0 Å². The van der Waals surface area contributed by atoms with Crippen LogP contribution in [0.1, 0.15) is 31.2 Å². The molecular weight excluding hydrogens is 162 g/mol. The Labute approximate surface area is 77.9 Å². The Morgan fingerprint density at radius 2 is 2.23 bits per heavy atom. The number of ether oxygens (including phenoxy) is 1. The maximum absolute atomic E-state index is 5.99. The predicted molar refractivity (Wildman–Crippen MR) is 49.8 cm³/mol. The van der Waals surface area contributed by atoms with Gasteiger partial charge in [0, 0.05) is 6.20 Å². The Bertz CT molecular complexity index is 331. The van der Waals surface area contributed by atoms with Crippen LogP contribution in [0.5, 0.6) is 5.75 Å². The summed E-state index contributed by atoms with van der Waals surface area (Å²) >= 11 is 0. The first-order valence-corrected chi connectivity index (χ1v) is 5.00. The van der Waals surface area contributed by atoms with Crippen molar-refractivity contribution in [3.63, 3.8) is 0 Å². The molecule has 0 aromatic carbocycles. The second-order valence-corrected chi connectivity index (χ2v) is 4.12. The molecule has 2 heterocycles. The van der Waals surface area contributed by atoms with Crippen LogP contribution in [0.3, 0.4) is 0 Å². The maximum Gasteiger partial charge on any atom is 0.141 e. The average molecular weight is 175 g/mol. The van der Waals surface area contributed by atoms with Gasteiger partial charge in [-0.05, 0) is 43.7 Å². The molecule has 0 bridgehead atoms. The summed E-state index contributed by atoms with van der Waals surface area (Å²) in [7, 11) is 0. The first-order valence-electron chi connectivity index (χ1n) is 5.00. The van der Waals surface area contributed by atoms with Crippen LogP contribution in [0.2, 0.25) is 0 Å². The monoisotopic (exact) mass is 175 g/mol. The molecule has 0 N–H and O–H groups in total. The number of fused-ring (bicyclic) bond motifs is 1. The number of pyridine rings is 1. The van der Waals surface area contributed by atoms with E-state index in [2.05, 4.69) is 11.1 Å². The molecule has 1 aliphatic carbocycles. The van der Waals surface area contributed by atoms with Gasteiger partial charge in [-0.2, -0.15) is 0 Å². The molecule has 2 nitrogen and oxygen atoms in total. The average Bonchev–Trinajstić information content (AvgIpc) is 2.15. The summed E-state index contributed by atoms with van der Waals surface area (Å²) in [6, 6.07) is 2.07. The van der Waals surface area contributed by atoms with Gasteiger partial charge in [-0.25, -0.2) is 0 Å². The second-order valence-electron chi connectivity index (χ2n) is 4.12. The number of hydrogen-bond donors (Lipinski definition) is 0. The van der Waals surface area contributed by atoms with Crippen molar-refractivity contribution in [3.05, 3.63) is 24.0 Å². The van der Waals surface area contributed by atoms with Crippen molar-refractivity contribution >= 4 is 0 Å². The topological polar surface area (TPSA) is 22.1 Å². The first-order chi connectivity index (χ1) is 6.38. The summed E-state index contributed by atoms with van der Waals surface area (Å²) in [5.41, 5.74) is 1.53. The number of rotatable bonds is 0. The molecule has 0 unspecified atom stereocenters. The van der Waals surface area contributed by atoms with Crippen LogP contribution < -0.4 is 4.74 Å². The molecule has 0 atom stereocenters. The molecular formula is C11H13NO. The highest BCUT2D eigenvalue weighted by Gasteiger charge is 2.41. The molecule has 68 valence electrons. The lowest BCUT2D eigenvalue weighted by molar-refractivity contribution is -0.0252. The van der Waals surface area contributed by atoms with E-state index >= 15 is 0 Å². The van der Waals surface area contributed by atoms with Crippen molar-refractivity contribution in [3.8, 4) is 5.75 Å². The molecule has 1 aromatic rings. The summed E-state index contributed by atoms with van der Waals surface area (Å²) in [5, 5.41) is 0. The number of aromatic nitrogens is 1. The molecule has 1 saturated carbocycles. The molecule has 1 fully saturated rings. The van der Waals surface area contributed by atoms with E-state index in [4.69, 9.17) is 4.74 Å². The van der Waals surface area contributed by atoms with E-state index in [0.717, 1.165) is 12.2 Å². The lowest BCUT2D eigenvalue weighted by Gasteiger charge is -2.45. The zero-order valence-electron chi connectivity index (χ0n) is 7.62. The van der Waals surface area contributed by atoms with Crippen molar-refractivity contribution in [2.75, 3.05) is 0 Å². The van der Waals surface area contributed by atoms with Gasteiger partial charge in [0.2, 0.25) is 0 Å². The van der Waals surface area contributed by atoms with Crippen LogP contribution in [0.4, 0.5) is 0 Å². The van der Waals surface area contributed by atoms with Gasteiger partial charge in [0.15, 0.2) is 0 Å². The molecule has 0 saturated heterocycles. The van der Waals surface area contributed by atoms with Gasteiger partial charge >= 0.3 is 0 Å². The highest BCUT2D eigenvalue weighted by molar-refractivity contribution is 5.33. The minimum atomic E-state index is 0.204. The van der Waals surface area contributed by atoms with Crippen LogP contribution in [0, 0.1) is 0 Å². The predicted octanol–water partition coefficient (Wildman–Crippen LogP) is 2.33. The number of aryl methyl sites for hydroxylation is 1. The van der Waals surface area contributed by atoms with Crippen LogP contribution in [-0.2, 0) is 6.42 Å². The Hall–Kier alpha value is -1.05. The Morgan fingerprint density at radius 3 is 3.00 bits per heavy atom. The minimum Gasteiger partial charge on any atom is -0.485 e. The lowest BCUT2D eigenvalue weighted by atomic mass is 9.75. The summed E-state index contributed by atoms with van der Waals surface area (Å²) in [5.74, 6) is 1.02. The Balaban J connectivity index is 1.94. The lowest BCUT2D eigenvalue weighted by Crippen LogP contribution is -2.45. The zero-order chi connectivity index (χ0) is 8.73. The van der Waals surface area contributed by atoms with E-state index in [9.17, 15) is 0 Å². The smallest absolute Gasteiger partial charge is 0.141 e. The third kappa shape index (κ3) is 1.05. The molecule has 1 aliphatic heterocycles. The van der Waals surface area contributed by atoms with Gasteiger partial charge in [-0.1, -0.05) is 0 Å². The standard InChI is InChI=1S/C11H13NO/c1-4-11(5-1)6-2-9-3-7-12-8-10(9)13-11/h3,7-8H,1-2,4-6H2. The Kier molecular flexibility index (Phi) is 1.40. The fourth-order valence-corrected chi connectivity index (χ4v) is 2.28. The van der Waals surface area contributed by atoms with Crippen molar-refractivity contribution in [1.29, 1.82) is 0 Å². The van der Waals surface area contributed by atoms with Gasteiger partial charge < -0.3 is 4.74 Å². The molecule has 0 radical (unpaired) electrons. The van der Waals surface area contributed by atoms with Crippen LogP contribution in [-0.4, -0.2) is 10.6 Å². The molecule has 2 heteroatoms. The molecule has 1 spiro atoms. The summed E-state index contributed by atoms with van der Waals surface area (Å²) in [6.07, 6.45) is 9.87. The molecule has 13 heavy (non-hydrogen) atoms. The van der Waals surface area contributed by atoms with E-state index in [0.29, 0.717) is 0 Å². The summed E-state index contributed by atoms with van der Waals surface area (Å²) in [6.45, 7) is 0. The van der Waals surface area contributed by atoms with Gasteiger partial charge in [0.25, 0.3) is 0 Å². The molecule has 3 rings (SSSR count). The van der Waals surface area contributed by atoms with Gasteiger partial charge in [0.05, 0.1) is 6.20 Å². The van der Waals surface area contributed by atoms with Crippen LogP contribution >= 0.6 is 0 Å². The first kappa shape index (κ1) is 7.36. The fourth-order valence-electron chi connectivity index (χ4n) is 2.28. The molecule has 0 amide bonds. The van der Waals surface area contributed by atoms with Gasteiger partial charge in [-0.3, -0.25) is 4.98 Å². The maximum atomic E-state index is 5.99. The van der Waals surface area contributed by atoms with Crippen molar-refractivity contribution in [1.82, 2.24) is 4.98 Å². The highest BCUT2D eigenvalue weighted by Crippen LogP contribution is 2.44. The van der Waals surface area contributed by atoms with Crippen molar-refractivity contribution in [2.45, 2.75) is 37.7 Å². The fraction of sp³-hybridized carbons (Fsp3) is 0.545. The number of hydrogen-bond acceptors (Lipinski definition) is 2. The number of nitrogens with zero attached hydrogens (tertiary/aromatic N) is 1. The quantitative estimate of drug-likeness (QED) is 0.603. The highest BCUT2D eigenvalue weighted by atomic mass is 16.5. The largest absolute Gasteiger partial charge is 0.485 e. The third-order valence-corrected chi connectivity index (χ3v) is 3.31. The van der Waals surface area contributed by atoms with Crippen LogP contribution in [0.15, 0.2) is 18.5 Å². The van der Waals surface area contributed by atoms with Gasteiger partial charge in [0.1, 0.15) is 11.4 Å². The normalized spacial score (nSPS) is 23.1. The molecule has 2 aliphatic rings. The van der Waals surface area contributed by atoms with E-state index in [1.54, 1.807) is 0 Å². The van der Waals surface area contributed by atoms with Gasteiger partial charge in [-0.15, -0.1) is 0 Å². The third-order valence-electron chi connectivity index (χ3n) is 3.31. The van der Waals surface area contributed by atoms with Crippen molar-refractivity contribution in [2.24, 2.45) is 0 Å². The van der Waals surface area contributed by atoms with Crippen molar-refractivity contribution < 1.29 is 4.74 Å². The molecule has 1 aromatic heterocycles. The van der Waals surface area contributed by atoms with E-state index in [-0.39, 0.29) is 5.60 Å². The van der Waals surface area contributed by atoms with E-state index in [1.165, 1.54) is 31.2 Å². The van der Waals surface area contributed by atoms with E-state index in [1.807, 2.05) is 12.4 Å². The van der Waals surface area contributed by atoms with E-state index < -0.39 is 0 Å². The second kappa shape index (κ2) is 2.47. The summed E-state index contributed by atoms with van der Waals surface area (Å²) in [4.78, 5) is 4.10.